The maximum Gasteiger partial charge on any atom is 0.252 e. The number of para-hydroxylation sites is 1. The normalized spacial score (nSPS) is 12.3. The number of rotatable bonds is 5. The summed E-state index contributed by atoms with van der Waals surface area (Å²) in [6.07, 6.45) is 0.742. The number of fused-ring (bicyclic) bond motifs is 1. The number of hydrogen-bond donors (Lipinski definition) is 1. The zero-order chi connectivity index (χ0) is 19.7. The predicted molar refractivity (Wildman–Crippen MR) is 107 cm³/mol. The highest BCUT2D eigenvalue weighted by atomic mass is 16.2. The maximum atomic E-state index is 13.1. The molecule has 1 atom stereocenters. The summed E-state index contributed by atoms with van der Waals surface area (Å²) in [5, 5.41) is 8.45. The van der Waals surface area contributed by atoms with Crippen LogP contribution >= 0.6 is 0 Å². The molecule has 27 heavy (non-hydrogen) atoms. The van der Waals surface area contributed by atoms with E-state index < -0.39 is 0 Å². The first-order valence-electron chi connectivity index (χ1n) is 9.32. The molecule has 0 saturated heterocycles. The minimum atomic E-state index is -0.237. The Balaban J connectivity index is 2.02. The Labute approximate surface area is 158 Å². The largest absolute Gasteiger partial charge is 0.345 e. The van der Waals surface area contributed by atoms with Crippen molar-refractivity contribution in [1.82, 2.24) is 19.7 Å². The van der Waals surface area contributed by atoms with E-state index in [1.165, 1.54) is 6.07 Å². The number of hydrogen-bond acceptors (Lipinski definition) is 3. The fourth-order valence-corrected chi connectivity index (χ4v) is 3.74. The van der Waals surface area contributed by atoms with E-state index in [0.29, 0.717) is 5.56 Å². The van der Waals surface area contributed by atoms with Crippen molar-refractivity contribution in [1.29, 1.82) is 0 Å². The molecule has 1 aromatic carbocycles. The van der Waals surface area contributed by atoms with Crippen LogP contribution in [-0.4, -0.2) is 20.3 Å². The van der Waals surface area contributed by atoms with Crippen LogP contribution in [0, 0.1) is 13.8 Å². The van der Waals surface area contributed by atoms with Gasteiger partial charge in [-0.1, -0.05) is 25.1 Å². The third-order valence-corrected chi connectivity index (χ3v) is 5.20. The highest BCUT2D eigenvalue weighted by Gasteiger charge is 2.23. The quantitative estimate of drug-likeness (QED) is 0.754. The van der Waals surface area contributed by atoms with Gasteiger partial charge in [0.05, 0.1) is 22.8 Å². The number of carbonyl (C=O) groups is 1. The lowest BCUT2D eigenvalue weighted by Crippen LogP contribution is -2.31. The van der Waals surface area contributed by atoms with E-state index >= 15 is 0 Å². The number of nitrogens with zero attached hydrogens (tertiary/aromatic N) is 3. The van der Waals surface area contributed by atoms with E-state index in [0.717, 1.165) is 40.8 Å². The SMILES string of the molecule is CC[C@H](NC(=O)c1cc(=O)n(C)c2ccccc12)c1c(C)nn(CC)c1C. The molecule has 3 aromatic rings. The van der Waals surface area contributed by atoms with Crippen LogP contribution in [0.1, 0.15) is 53.6 Å². The van der Waals surface area contributed by atoms with Crippen LogP contribution in [-0.2, 0) is 13.6 Å². The molecule has 0 bridgehead atoms. The summed E-state index contributed by atoms with van der Waals surface area (Å²) in [6.45, 7) is 8.87. The molecule has 0 saturated carbocycles. The van der Waals surface area contributed by atoms with Crippen molar-refractivity contribution in [3.63, 3.8) is 0 Å². The van der Waals surface area contributed by atoms with Crippen molar-refractivity contribution in [2.24, 2.45) is 7.05 Å². The van der Waals surface area contributed by atoms with Crippen molar-refractivity contribution in [2.45, 2.75) is 46.7 Å². The standard InChI is InChI=1S/C21H26N4O2/c1-6-17(20-13(3)23-25(7-2)14(20)4)22-21(27)16-12-19(26)24(5)18-11-9-8-10-15(16)18/h8-12,17H,6-7H2,1-5H3,(H,22,27)/t17-/m0/s1. The van der Waals surface area contributed by atoms with Crippen LogP contribution in [0.5, 0.6) is 0 Å². The smallest absolute Gasteiger partial charge is 0.252 e. The van der Waals surface area contributed by atoms with Crippen LogP contribution in [0.15, 0.2) is 35.1 Å². The molecule has 0 unspecified atom stereocenters. The Bertz CT molecular complexity index is 1060. The number of carbonyl (C=O) groups excluding carboxylic acids is 1. The Kier molecular flexibility index (Phi) is 5.17. The van der Waals surface area contributed by atoms with E-state index in [4.69, 9.17) is 0 Å². The molecular formula is C21H26N4O2. The average molecular weight is 366 g/mol. The van der Waals surface area contributed by atoms with Gasteiger partial charge in [0.2, 0.25) is 0 Å². The molecule has 3 rings (SSSR count). The lowest BCUT2D eigenvalue weighted by Gasteiger charge is -2.19. The lowest BCUT2D eigenvalue weighted by molar-refractivity contribution is 0.0937. The van der Waals surface area contributed by atoms with Crippen LogP contribution in [0.2, 0.25) is 0 Å². The number of nitrogens with one attached hydrogen (secondary N) is 1. The second-order valence-corrected chi connectivity index (χ2v) is 6.81. The summed E-state index contributed by atoms with van der Waals surface area (Å²) in [7, 11) is 1.72. The van der Waals surface area contributed by atoms with E-state index in [1.807, 2.05) is 49.7 Å². The van der Waals surface area contributed by atoms with E-state index in [1.54, 1.807) is 11.6 Å². The van der Waals surface area contributed by atoms with Gasteiger partial charge in [-0.15, -0.1) is 0 Å². The number of pyridine rings is 1. The van der Waals surface area contributed by atoms with Gasteiger partial charge < -0.3 is 9.88 Å². The van der Waals surface area contributed by atoms with Crippen molar-refractivity contribution in [3.8, 4) is 0 Å². The molecule has 6 heteroatoms. The first kappa shape index (κ1) is 18.9. The minimum Gasteiger partial charge on any atom is -0.345 e. The van der Waals surface area contributed by atoms with Gasteiger partial charge in [-0.05, 0) is 33.3 Å². The minimum absolute atomic E-state index is 0.152. The third kappa shape index (κ3) is 3.27. The summed E-state index contributed by atoms with van der Waals surface area (Å²) in [4.78, 5) is 25.4. The van der Waals surface area contributed by atoms with Crippen molar-refractivity contribution in [2.75, 3.05) is 0 Å². The Morgan fingerprint density at radius 3 is 2.56 bits per heavy atom. The van der Waals surface area contributed by atoms with Crippen molar-refractivity contribution in [3.05, 3.63) is 63.2 Å². The molecule has 0 spiro atoms. The van der Waals surface area contributed by atoms with Gasteiger partial charge in [0.25, 0.3) is 11.5 Å². The molecule has 2 aromatic heterocycles. The molecule has 1 amide bonds. The summed E-state index contributed by atoms with van der Waals surface area (Å²) >= 11 is 0. The summed E-state index contributed by atoms with van der Waals surface area (Å²) in [5.74, 6) is -0.237. The predicted octanol–water partition coefficient (Wildman–Crippen LogP) is 3.25. The van der Waals surface area contributed by atoms with Crippen molar-refractivity contribution >= 4 is 16.8 Å². The van der Waals surface area contributed by atoms with Gasteiger partial charge in [0.15, 0.2) is 0 Å². The number of benzene rings is 1. The first-order chi connectivity index (χ1) is 12.9. The summed E-state index contributed by atoms with van der Waals surface area (Å²) < 4.78 is 3.51. The van der Waals surface area contributed by atoms with Gasteiger partial charge in [0, 0.05) is 36.3 Å². The first-order valence-corrected chi connectivity index (χ1v) is 9.32. The molecule has 0 aliphatic carbocycles. The van der Waals surface area contributed by atoms with E-state index in [9.17, 15) is 9.59 Å². The molecule has 1 N–H and O–H groups in total. The van der Waals surface area contributed by atoms with Crippen LogP contribution in [0.3, 0.4) is 0 Å². The van der Waals surface area contributed by atoms with Gasteiger partial charge in [0.1, 0.15) is 0 Å². The zero-order valence-corrected chi connectivity index (χ0v) is 16.5. The van der Waals surface area contributed by atoms with Crippen LogP contribution < -0.4 is 10.9 Å². The fourth-order valence-electron chi connectivity index (χ4n) is 3.74. The Morgan fingerprint density at radius 1 is 1.22 bits per heavy atom. The molecule has 0 aliphatic rings. The molecule has 0 aliphatic heterocycles. The number of aromatic nitrogens is 3. The van der Waals surface area contributed by atoms with E-state index in [2.05, 4.69) is 17.3 Å². The van der Waals surface area contributed by atoms with Gasteiger partial charge >= 0.3 is 0 Å². The van der Waals surface area contributed by atoms with Gasteiger partial charge in [-0.3, -0.25) is 14.3 Å². The monoisotopic (exact) mass is 366 g/mol. The lowest BCUT2D eigenvalue weighted by atomic mass is 10.0. The Hall–Kier alpha value is -2.89. The second-order valence-electron chi connectivity index (χ2n) is 6.81. The summed E-state index contributed by atoms with van der Waals surface area (Å²) in [6, 6.07) is 8.73. The van der Waals surface area contributed by atoms with E-state index in [-0.39, 0.29) is 17.5 Å². The number of amides is 1. The molecule has 0 radical (unpaired) electrons. The molecular weight excluding hydrogens is 340 g/mol. The van der Waals surface area contributed by atoms with Gasteiger partial charge in [-0.2, -0.15) is 5.10 Å². The van der Waals surface area contributed by atoms with Crippen LogP contribution in [0.25, 0.3) is 10.9 Å². The number of aryl methyl sites for hydroxylation is 3. The molecule has 0 fully saturated rings. The second kappa shape index (κ2) is 7.39. The Morgan fingerprint density at radius 2 is 1.93 bits per heavy atom. The summed E-state index contributed by atoms with van der Waals surface area (Å²) in [5.41, 5.74) is 4.00. The average Bonchev–Trinajstić information content (AvgIpc) is 2.96. The fraction of sp³-hybridized carbons (Fsp3) is 0.381. The third-order valence-electron chi connectivity index (χ3n) is 5.20. The molecule has 6 nitrogen and oxygen atoms in total. The molecule has 2 heterocycles. The highest BCUT2D eigenvalue weighted by molar-refractivity contribution is 6.06. The zero-order valence-electron chi connectivity index (χ0n) is 16.5. The topological polar surface area (TPSA) is 68.9 Å². The highest BCUT2D eigenvalue weighted by Crippen LogP contribution is 2.25. The maximum absolute atomic E-state index is 13.1. The molecule has 142 valence electrons. The van der Waals surface area contributed by atoms with Gasteiger partial charge in [-0.25, -0.2) is 0 Å². The van der Waals surface area contributed by atoms with Crippen LogP contribution in [0.4, 0.5) is 0 Å². The van der Waals surface area contributed by atoms with Crippen molar-refractivity contribution < 1.29 is 4.79 Å².